The van der Waals surface area contributed by atoms with Gasteiger partial charge in [-0.3, -0.25) is 4.79 Å². The molecule has 0 atom stereocenters. The van der Waals surface area contributed by atoms with Crippen molar-refractivity contribution in [2.45, 2.75) is 11.8 Å². The first-order chi connectivity index (χ1) is 12.7. The Hall–Kier alpha value is -2.67. The molecule has 0 aliphatic rings. The largest absolute Gasteiger partial charge is 0.398 e. The number of sulfonamides is 1. The first kappa shape index (κ1) is 19.1. The first-order valence-electron chi connectivity index (χ1n) is 8.00. The third-order valence-electron chi connectivity index (χ3n) is 4.23. The molecule has 0 radical (unpaired) electrons. The number of nitrogen functional groups attached to an aromatic ring is 1. The molecule has 7 heteroatoms. The van der Waals surface area contributed by atoms with Gasteiger partial charge >= 0.3 is 0 Å². The summed E-state index contributed by atoms with van der Waals surface area (Å²) in [5.41, 5.74) is 9.95. The van der Waals surface area contributed by atoms with E-state index in [0.29, 0.717) is 27.4 Å². The molecule has 5 nitrogen and oxygen atoms in total. The predicted octanol–water partition coefficient (Wildman–Crippen LogP) is 4.11. The lowest BCUT2D eigenvalue weighted by atomic mass is 9.93. The molecule has 0 heterocycles. The summed E-state index contributed by atoms with van der Waals surface area (Å²) >= 11 is 5.95. The monoisotopic (exact) mass is 400 g/mol. The predicted molar refractivity (Wildman–Crippen MR) is 108 cm³/mol. The number of anilines is 1. The van der Waals surface area contributed by atoms with E-state index in [-0.39, 0.29) is 10.7 Å². The van der Waals surface area contributed by atoms with Crippen molar-refractivity contribution >= 4 is 33.1 Å². The number of carbonyl (C=O) groups excluding carboxylic acids is 1. The van der Waals surface area contributed by atoms with Gasteiger partial charge in [-0.15, -0.1) is 0 Å². The highest BCUT2D eigenvalue weighted by Gasteiger charge is 2.15. The fraction of sp³-hybridized carbons (Fsp3) is 0.0500. The van der Waals surface area contributed by atoms with Crippen LogP contribution in [0, 0.1) is 0 Å². The van der Waals surface area contributed by atoms with E-state index in [9.17, 15) is 13.2 Å². The van der Waals surface area contributed by atoms with Crippen LogP contribution in [0.4, 0.5) is 5.69 Å². The molecule has 4 N–H and O–H groups in total. The van der Waals surface area contributed by atoms with Gasteiger partial charge in [0, 0.05) is 16.1 Å². The van der Waals surface area contributed by atoms with Crippen molar-refractivity contribution in [3.8, 4) is 22.3 Å². The minimum Gasteiger partial charge on any atom is -0.398 e. The van der Waals surface area contributed by atoms with Crippen LogP contribution >= 0.6 is 11.6 Å². The van der Waals surface area contributed by atoms with Gasteiger partial charge in [0.15, 0.2) is 5.78 Å². The molecule has 3 rings (SSSR count). The van der Waals surface area contributed by atoms with Crippen LogP contribution in [0.3, 0.4) is 0 Å². The van der Waals surface area contributed by atoms with Gasteiger partial charge in [-0.25, -0.2) is 13.6 Å². The quantitative estimate of drug-likeness (QED) is 0.508. The molecule has 3 aromatic rings. The second kappa shape index (κ2) is 7.15. The molecule has 0 bridgehead atoms. The molecular formula is C20H17ClN2O3S. The third-order valence-corrected chi connectivity index (χ3v) is 5.41. The summed E-state index contributed by atoms with van der Waals surface area (Å²) in [6, 6.07) is 16.9. The van der Waals surface area contributed by atoms with Crippen molar-refractivity contribution < 1.29 is 13.2 Å². The van der Waals surface area contributed by atoms with Crippen molar-refractivity contribution in [3.63, 3.8) is 0 Å². The number of hydrogen-bond donors (Lipinski definition) is 2. The van der Waals surface area contributed by atoms with Crippen LogP contribution in [0.25, 0.3) is 22.3 Å². The van der Waals surface area contributed by atoms with Crippen molar-refractivity contribution in [2.24, 2.45) is 5.14 Å². The minimum atomic E-state index is -3.79. The molecule has 0 aliphatic carbocycles. The van der Waals surface area contributed by atoms with Crippen molar-refractivity contribution in [1.29, 1.82) is 0 Å². The van der Waals surface area contributed by atoms with Gasteiger partial charge in [-0.05, 0) is 60.0 Å². The SMILES string of the molecule is CC(=O)c1cc(-c2ccc(Cl)cc2)cc(-c2ccc(S(N)(=O)=O)cc2)c1N. The topological polar surface area (TPSA) is 103 Å². The second-order valence-corrected chi connectivity index (χ2v) is 8.12. The lowest BCUT2D eigenvalue weighted by Gasteiger charge is -2.14. The summed E-state index contributed by atoms with van der Waals surface area (Å²) in [6.07, 6.45) is 0. The smallest absolute Gasteiger partial charge is 0.238 e. The molecule has 0 aromatic heterocycles. The van der Waals surface area contributed by atoms with Crippen molar-refractivity contribution in [1.82, 2.24) is 0 Å². The lowest BCUT2D eigenvalue weighted by molar-refractivity contribution is 0.101. The van der Waals surface area contributed by atoms with E-state index in [1.807, 2.05) is 18.2 Å². The maximum Gasteiger partial charge on any atom is 0.238 e. The van der Waals surface area contributed by atoms with E-state index in [0.717, 1.165) is 11.1 Å². The van der Waals surface area contributed by atoms with Crippen LogP contribution in [-0.4, -0.2) is 14.2 Å². The maximum atomic E-state index is 12.1. The Morgan fingerprint density at radius 3 is 1.96 bits per heavy atom. The zero-order chi connectivity index (χ0) is 19.8. The Labute approximate surface area is 162 Å². The van der Waals surface area contributed by atoms with Crippen LogP contribution in [0.15, 0.2) is 65.6 Å². The highest BCUT2D eigenvalue weighted by molar-refractivity contribution is 7.89. The molecule has 27 heavy (non-hydrogen) atoms. The number of ketones is 1. The Bertz CT molecular complexity index is 1120. The summed E-state index contributed by atoms with van der Waals surface area (Å²) in [5, 5.41) is 5.75. The van der Waals surface area contributed by atoms with Crippen molar-refractivity contribution in [3.05, 3.63) is 71.2 Å². The molecular weight excluding hydrogens is 384 g/mol. The fourth-order valence-electron chi connectivity index (χ4n) is 2.82. The van der Waals surface area contributed by atoms with Crippen LogP contribution in [0.5, 0.6) is 0 Å². The highest BCUT2D eigenvalue weighted by Crippen LogP contribution is 2.35. The Morgan fingerprint density at radius 2 is 1.44 bits per heavy atom. The van der Waals surface area contributed by atoms with E-state index in [2.05, 4.69) is 0 Å². The summed E-state index contributed by atoms with van der Waals surface area (Å²) in [6.45, 7) is 1.45. The van der Waals surface area contributed by atoms with Crippen LogP contribution in [0.2, 0.25) is 5.02 Å². The van der Waals surface area contributed by atoms with E-state index in [1.165, 1.54) is 19.1 Å². The molecule has 138 valence electrons. The Balaban J connectivity index is 2.19. The summed E-state index contributed by atoms with van der Waals surface area (Å²) in [5.74, 6) is -0.161. The minimum absolute atomic E-state index is 0.00506. The average Bonchev–Trinajstić information content (AvgIpc) is 2.62. The van der Waals surface area contributed by atoms with E-state index in [4.69, 9.17) is 22.5 Å². The number of halogens is 1. The number of rotatable bonds is 4. The van der Waals surface area contributed by atoms with Crippen LogP contribution in [-0.2, 0) is 10.0 Å². The number of primary sulfonamides is 1. The molecule has 0 unspecified atom stereocenters. The number of benzene rings is 3. The zero-order valence-corrected chi connectivity index (χ0v) is 16.0. The summed E-state index contributed by atoms with van der Waals surface area (Å²) in [4.78, 5) is 12.1. The standard InChI is InChI=1S/C20H17ClN2O3S/c1-12(24)18-10-15(13-2-6-16(21)7-3-13)11-19(20(18)22)14-4-8-17(9-5-14)27(23,25)26/h2-11H,22H2,1H3,(H2,23,25,26). The number of carbonyl (C=O) groups is 1. The Kier molecular flexibility index (Phi) is 5.06. The first-order valence-corrected chi connectivity index (χ1v) is 9.93. The molecule has 0 amide bonds. The average molecular weight is 401 g/mol. The molecule has 3 aromatic carbocycles. The highest BCUT2D eigenvalue weighted by atomic mass is 35.5. The molecule has 0 spiro atoms. The van der Waals surface area contributed by atoms with Gasteiger partial charge in [0.05, 0.1) is 10.6 Å². The van der Waals surface area contributed by atoms with Crippen LogP contribution < -0.4 is 10.9 Å². The van der Waals surface area contributed by atoms with Gasteiger partial charge in [0.1, 0.15) is 0 Å². The van der Waals surface area contributed by atoms with Gasteiger partial charge in [0.2, 0.25) is 10.0 Å². The molecule has 0 aliphatic heterocycles. The van der Waals surface area contributed by atoms with Gasteiger partial charge < -0.3 is 5.73 Å². The number of Topliss-reactive ketones (excluding diaryl/α,β-unsaturated/α-hetero) is 1. The Morgan fingerprint density at radius 1 is 0.889 bits per heavy atom. The lowest BCUT2D eigenvalue weighted by Crippen LogP contribution is -2.11. The molecule has 0 fully saturated rings. The van der Waals surface area contributed by atoms with E-state index >= 15 is 0 Å². The second-order valence-electron chi connectivity index (χ2n) is 6.12. The summed E-state index contributed by atoms with van der Waals surface area (Å²) in [7, 11) is -3.79. The maximum absolute atomic E-state index is 12.1. The molecule has 0 saturated carbocycles. The third kappa shape index (κ3) is 4.03. The van der Waals surface area contributed by atoms with Gasteiger partial charge in [0.25, 0.3) is 0 Å². The fourth-order valence-corrected chi connectivity index (χ4v) is 3.46. The van der Waals surface area contributed by atoms with Gasteiger partial charge in [-0.1, -0.05) is 35.9 Å². The normalized spacial score (nSPS) is 11.4. The summed E-state index contributed by atoms with van der Waals surface area (Å²) < 4.78 is 22.9. The van der Waals surface area contributed by atoms with Crippen molar-refractivity contribution in [2.75, 3.05) is 5.73 Å². The van der Waals surface area contributed by atoms with E-state index < -0.39 is 10.0 Å². The van der Waals surface area contributed by atoms with Crippen LogP contribution in [0.1, 0.15) is 17.3 Å². The molecule has 0 saturated heterocycles. The zero-order valence-electron chi connectivity index (χ0n) is 14.4. The number of nitrogens with two attached hydrogens (primary N) is 2. The number of hydrogen-bond acceptors (Lipinski definition) is 4. The van der Waals surface area contributed by atoms with E-state index in [1.54, 1.807) is 30.3 Å². The van der Waals surface area contributed by atoms with Gasteiger partial charge in [-0.2, -0.15) is 0 Å².